The Morgan fingerprint density at radius 2 is 1.91 bits per heavy atom. The molecule has 1 aliphatic rings. The summed E-state index contributed by atoms with van der Waals surface area (Å²) in [6.07, 6.45) is 4.55. The number of anilines is 1. The van der Waals surface area contributed by atoms with Crippen molar-refractivity contribution in [3.8, 4) is 11.3 Å². The molecule has 11 nitrogen and oxygen atoms in total. The highest BCUT2D eigenvalue weighted by molar-refractivity contribution is 7.92. The minimum absolute atomic E-state index is 0.191. The Hall–Kier alpha value is -4.62. The average molecular weight is 605 g/mol. The number of pyridine rings is 1. The third-order valence-corrected chi connectivity index (χ3v) is 9.00. The van der Waals surface area contributed by atoms with Gasteiger partial charge >= 0.3 is 0 Å². The van der Waals surface area contributed by atoms with Gasteiger partial charge in [0, 0.05) is 43.4 Å². The van der Waals surface area contributed by atoms with Crippen LogP contribution in [0.4, 0.5) is 10.1 Å². The molecule has 1 fully saturated rings. The molecule has 13 heteroatoms. The Bertz CT molecular complexity index is 1950. The third-order valence-electron chi connectivity index (χ3n) is 7.81. The third kappa shape index (κ3) is 5.25. The number of Topliss-reactive ketones (excluding diaryl/α,β-unsaturated/α-hetero) is 1. The van der Waals surface area contributed by atoms with Crippen LogP contribution in [0.25, 0.3) is 33.5 Å². The topological polar surface area (TPSA) is 150 Å². The van der Waals surface area contributed by atoms with Crippen LogP contribution in [0.2, 0.25) is 0 Å². The maximum absolute atomic E-state index is 13.7. The van der Waals surface area contributed by atoms with Gasteiger partial charge in [0.15, 0.2) is 11.5 Å². The summed E-state index contributed by atoms with van der Waals surface area (Å²) in [5.74, 6) is -0.669. The van der Waals surface area contributed by atoms with E-state index in [9.17, 15) is 22.4 Å². The molecule has 222 valence electrons. The maximum atomic E-state index is 13.7. The largest absolute Gasteiger partial charge is 0.455 e. The van der Waals surface area contributed by atoms with Gasteiger partial charge in [-0.25, -0.2) is 22.8 Å². The van der Waals surface area contributed by atoms with E-state index in [1.165, 1.54) is 38.4 Å². The van der Waals surface area contributed by atoms with Crippen LogP contribution in [-0.4, -0.2) is 61.5 Å². The molecule has 0 bridgehead atoms. The number of fused-ring (bicyclic) bond motifs is 2. The van der Waals surface area contributed by atoms with Crippen molar-refractivity contribution in [2.75, 3.05) is 24.7 Å². The minimum Gasteiger partial charge on any atom is -0.455 e. The molecule has 0 aliphatic carbocycles. The van der Waals surface area contributed by atoms with Gasteiger partial charge in [-0.1, -0.05) is 0 Å². The number of amides is 1. The predicted octanol–water partition coefficient (Wildman–Crippen LogP) is 4.33. The molecular weight excluding hydrogens is 575 g/mol. The number of aromatic amines is 1. The van der Waals surface area contributed by atoms with Gasteiger partial charge in [0.25, 0.3) is 5.91 Å². The highest BCUT2D eigenvalue weighted by Gasteiger charge is 2.33. The van der Waals surface area contributed by atoms with Gasteiger partial charge in [-0.05, 0) is 67.3 Å². The number of aromatic nitrogens is 3. The zero-order chi connectivity index (χ0) is 30.5. The SMILES string of the molecule is CNC(=O)c1c(-c2ccc(F)cc2)oc2cc(N(C)S(C)(=O)=O)c([C@H]3CCCC(C(=O)c4nc5ncccc5[nH]4)N3)cc12. The molecule has 6 rings (SSSR count). The molecule has 1 saturated heterocycles. The fourth-order valence-electron chi connectivity index (χ4n) is 5.55. The first kappa shape index (κ1) is 28.5. The number of hydrogen-bond acceptors (Lipinski definition) is 8. The van der Waals surface area contributed by atoms with E-state index in [-0.39, 0.29) is 28.5 Å². The highest BCUT2D eigenvalue weighted by Crippen LogP contribution is 2.41. The van der Waals surface area contributed by atoms with Crippen molar-refractivity contribution in [2.24, 2.45) is 0 Å². The summed E-state index contributed by atoms with van der Waals surface area (Å²) >= 11 is 0. The standard InChI is InChI=1S/C30H29FN6O5S/c1-32-30(39)25-19-14-18(20-6-4-7-21(34-20)26(38)29-35-22-8-5-13-33-28(22)36-29)23(37(2)43(3,40)41)15-24(19)42-27(25)16-9-11-17(31)12-10-16/h5,8-15,20-21,34H,4,6-7H2,1-3H3,(H,32,39)(H,33,35,36)/t20-,21?/m1/s1. The van der Waals surface area contributed by atoms with Gasteiger partial charge in [-0.2, -0.15) is 0 Å². The number of benzene rings is 2. The average Bonchev–Trinajstić information content (AvgIpc) is 3.61. The normalized spacial score (nSPS) is 17.3. The summed E-state index contributed by atoms with van der Waals surface area (Å²) in [6, 6.07) is 11.4. The van der Waals surface area contributed by atoms with Crippen LogP contribution < -0.4 is 14.9 Å². The van der Waals surface area contributed by atoms with Crippen LogP contribution in [0.3, 0.4) is 0 Å². The Kier molecular flexibility index (Phi) is 7.22. The number of nitrogens with one attached hydrogen (secondary N) is 3. The zero-order valence-electron chi connectivity index (χ0n) is 23.6. The Morgan fingerprint density at radius 3 is 2.60 bits per heavy atom. The minimum atomic E-state index is -3.70. The van der Waals surface area contributed by atoms with Crippen LogP contribution in [0, 0.1) is 5.82 Å². The molecule has 0 radical (unpaired) electrons. The van der Waals surface area contributed by atoms with Crippen molar-refractivity contribution in [3.63, 3.8) is 0 Å². The van der Waals surface area contributed by atoms with Crippen molar-refractivity contribution < 1.29 is 26.8 Å². The molecule has 4 heterocycles. The Labute approximate surface area is 246 Å². The van der Waals surface area contributed by atoms with E-state index in [0.29, 0.717) is 52.6 Å². The fraction of sp³-hybridized carbons (Fsp3) is 0.267. The highest BCUT2D eigenvalue weighted by atomic mass is 32.2. The first-order valence-electron chi connectivity index (χ1n) is 13.7. The van der Waals surface area contributed by atoms with Crippen LogP contribution in [0.1, 0.15) is 51.8 Å². The van der Waals surface area contributed by atoms with E-state index < -0.39 is 33.8 Å². The molecule has 2 atom stereocenters. The molecule has 2 aromatic carbocycles. The second-order valence-corrected chi connectivity index (χ2v) is 12.6. The van der Waals surface area contributed by atoms with Crippen molar-refractivity contribution in [2.45, 2.75) is 31.3 Å². The number of halogens is 1. The second-order valence-electron chi connectivity index (χ2n) is 10.6. The predicted molar refractivity (Wildman–Crippen MR) is 160 cm³/mol. The van der Waals surface area contributed by atoms with Crippen molar-refractivity contribution in [3.05, 3.63) is 77.5 Å². The first-order chi connectivity index (χ1) is 20.5. The second kappa shape index (κ2) is 10.9. The van der Waals surface area contributed by atoms with E-state index in [1.54, 1.807) is 30.5 Å². The Balaban J connectivity index is 1.46. The number of rotatable bonds is 7. The Morgan fingerprint density at radius 1 is 1.14 bits per heavy atom. The van der Waals surface area contributed by atoms with Crippen molar-refractivity contribution >= 4 is 49.5 Å². The molecule has 3 N–H and O–H groups in total. The van der Waals surface area contributed by atoms with E-state index >= 15 is 0 Å². The van der Waals surface area contributed by atoms with Crippen LogP contribution in [0.15, 0.2) is 59.1 Å². The number of carbonyl (C=O) groups excluding carboxylic acids is 2. The van der Waals surface area contributed by atoms with Gasteiger partial charge in [-0.15, -0.1) is 0 Å². The van der Waals surface area contributed by atoms with Gasteiger partial charge in [0.05, 0.1) is 29.1 Å². The smallest absolute Gasteiger partial charge is 0.255 e. The number of furan rings is 1. The number of nitrogens with zero attached hydrogens (tertiary/aromatic N) is 3. The molecule has 3 aromatic heterocycles. The summed E-state index contributed by atoms with van der Waals surface area (Å²) in [5.41, 5.74) is 3.02. The van der Waals surface area contributed by atoms with Gasteiger partial charge < -0.3 is 20.0 Å². The number of sulfonamides is 1. The lowest BCUT2D eigenvalue weighted by molar-refractivity contribution is 0.0902. The van der Waals surface area contributed by atoms with Gasteiger partial charge in [-0.3, -0.25) is 13.9 Å². The summed E-state index contributed by atoms with van der Waals surface area (Å²) in [5, 5.41) is 6.50. The molecule has 5 aromatic rings. The summed E-state index contributed by atoms with van der Waals surface area (Å²) in [4.78, 5) is 38.3. The summed E-state index contributed by atoms with van der Waals surface area (Å²) in [6.45, 7) is 0. The molecule has 1 aliphatic heterocycles. The van der Waals surface area contributed by atoms with Crippen LogP contribution in [-0.2, 0) is 10.0 Å². The molecule has 43 heavy (non-hydrogen) atoms. The monoisotopic (exact) mass is 604 g/mol. The lowest BCUT2D eigenvalue weighted by Crippen LogP contribution is -2.43. The van der Waals surface area contributed by atoms with Crippen molar-refractivity contribution in [1.29, 1.82) is 0 Å². The van der Waals surface area contributed by atoms with Gasteiger partial charge in [0.1, 0.15) is 17.2 Å². The number of hydrogen-bond donors (Lipinski definition) is 3. The van der Waals surface area contributed by atoms with E-state index in [2.05, 4.69) is 25.6 Å². The summed E-state index contributed by atoms with van der Waals surface area (Å²) < 4.78 is 46.4. The number of ketones is 1. The number of carbonyl (C=O) groups is 2. The number of imidazole rings is 1. The van der Waals surface area contributed by atoms with Crippen LogP contribution >= 0.6 is 0 Å². The molecule has 0 saturated carbocycles. The first-order valence-corrected chi connectivity index (χ1v) is 15.5. The van der Waals surface area contributed by atoms with Crippen molar-refractivity contribution in [1.82, 2.24) is 25.6 Å². The quantitative estimate of drug-likeness (QED) is 0.232. The number of H-pyrrole nitrogens is 1. The summed E-state index contributed by atoms with van der Waals surface area (Å²) in [7, 11) is -0.765. The zero-order valence-corrected chi connectivity index (χ0v) is 24.5. The maximum Gasteiger partial charge on any atom is 0.255 e. The van der Waals surface area contributed by atoms with Gasteiger partial charge in [0.2, 0.25) is 15.8 Å². The lowest BCUT2D eigenvalue weighted by atomic mass is 9.89. The lowest BCUT2D eigenvalue weighted by Gasteiger charge is -2.32. The molecule has 1 unspecified atom stereocenters. The fourth-order valence-corrected chi connectivity index (χ4v) is 6.06. The van der Waals surface area contributed by atoms with Crippen LogP contribution in [0.5, 0.6) is 0 Å². The van der Waals surface area contributed by atoms with E-state index in [0.717, 1.165) is 10.6 Å². The number of piperidine rings is 1. The molecule has 1 amide bonds. The van der Waals surface area contributed by atoms with E-state index in [1.807, 2.05) is 0 Å². The molecule has 0 spiro atoms. The van der Waals surface area contributed by atoms with E-state index in [4.69, 9.17) is 4.42 Å². The molecular formula is C30H29FN6O5S.